The molecule has 0 bridgehead atoms. The van der Waals surface area contributed by atoms with Gasteiger partial charge in [-0.25, -0.2) is 0 Å². The second-order valence-electron chi connectivity index (χ2n) is 6.19. The van der Waals surface area contributed by atoms with Gasteiger partial charge in [0.25, 0.3) is 0 Å². The first kappa shape index (κ1) is 13.9. The van der Waals surface area contributed by atoms with E-state index >= 15 is 0 Å². The summed E-state index contributed by atoms with van der Waals surface area (Å²) in [5, 5.41) is 6.46. The normalized spacial score (nSPS) is 21.7. The van der Waals surface area contributed by atoms with Gasteiger partial charge in [-0.05, 0) is 36.5 Å². The van der Waals surface area contributed by atoms with E-state index in [0.29, 0.717) is 11.5 Å². The number of carbonyl (C=O) groups excluding carboxylic acids is 1. The van der Waals surface area contributed by atoms with E-state index in [1.165, 1.54) is 32.6 Å². The Balaban J connectivity index is 2.07. The molecule has 1 aromatic carbocycles. The summed E-state index contributed by atoms with van der Waals surface area (Å²) in [6, 6.07) is 8.47. The van der Waals surface area contributed by atoms with E-state index in [2.05, 4.69) is 30.5 Å². The lowest BCUT2D eigenvalue weighted by Gasteiger charge is -2.39. The molecule has 1 aliphatic carbocycles. The van der Waals surface area contributed by atoms with Gasteiger partial charge in [0, 0.05) is 24.3 Å². The van der Waals surface area contributed by atoms with Crippen LogP contribution in [0.1, 0.15) is 46.5 Å². The van der Waals surface area contributed by atoms with Crippen molar-refractivity contribution in [2.75, 3.05) is 10.6 Å². The summed E-state index contributed by atoms with van der Waals surface area (Å²) < 4.78 is 0. The average molecular weight is 260 g/mol. The van der Waals surface area contributed by atoms with Gasteiger partial charge in [0.15, 0.2) is 0 Å². The SMILES string of the molecule is CC(=O)Nc1cccc(NC2CCCCC2(C)C)c1. The molecule has 0 saturated heterocycles. The number of nitrogens with one attached hydrogen (secondary N) is 2. The van der Waals surface area contributed by atoms with Gasteiger partial charge in [-0.15, -0.1) is 0 Å². The highest BCUT2D eigenvalue weighted by atomic mass is 16.1. The highest BCUT2D eigenvalue weighted by Crippen LogP contribution is 2.37. The van der Waals surface area contributed by atoms with E-state index in [-0.39, 0.29) is 5.91 Å². The first-order chi connectivity index (χ1) is 8.97. The van der Waals surface area contributed by atoms with E-state index < -0.39 is 0 Å². The average Bonchev–Trinajstić information content (AvgIpc) is 2.31. The van der Waals surface area contributed by atoms with Crippen LogP contribution in [-0.2, 0) is 4.79 Å². The van der Waals surface area contributed by atoms with Crippen molar-refractivity contribution < 1.29 is 4.79 Å². The summed E-state index contributed by atoms with van der Waals surface area (Å²) in [6.45, 7) is 6.20. The van der Waals surface area contributed by atoms with E-state index in [0.717, 1.165) is 11.4 Å². The van der Waals surface area contributed by atoms with Gasteiger partial charge in [-0.3, -0.25) is 4.79 Å². The number of hydrogen-bond donors (Lipinski definition) is 2. The Hall–Kier alpha value is -1.51. The molecule has 19 heavy (non-hydrogen) atoms. The van der Waals surface area contributed by atoms with Crippen LogP contribution in [0.4, 0.5) is 11.4 Å². The van der Waals surface area contributed by atoms with Crippen molar-refractivity contribution in [3.8, 4) is 0 Å². The minimum atomic E-state index is -0.0323. The summed E-state index contributed by atoms with van der Waals surface area (Å²) in [4.78, 5) is 11.1. The third kappa shape index (κ3) is 3.72. The summed E-state index contributed by atoms with van der Waals surface area (Å²) >= 11 is 0. The Labute approximate surface area is 115 Å². The first-order valence-corrected chi connectivity index (χ1v) is 7.11. The van der Waals surface area contributed by atoms with Gasteiger partial charge < -0.3 is 10.6 Å². The molecule has 2 N–H and O–H groups in total. The fourth-order valence-corrected chi connectivity index (χ4v) is 2.85. The van der Waals surface area contributed by atoms with Crippen LogP contribution in [-0.4, -0.2) is 11.9 Å². The molecule has 0 aliphatic heterocycles. The Morgan fingerprint density at radius 1 is 1.26 bits per heavy atom. The minimum absolute atomic E-state index is 0.0323. The van der Waals surface area contributed by atoms with Crippen LogP contribution in [0.15, 0.2) is 24.3 Å². The third-order valence-corrected chi connectivity index (χ3v) is 4.03. The number of rotatable bonds is 3. The van der Waals surface area contributed by atoms with Crippen LogP contribution in [0.25, 0.3) is 0 Å². The Morgan fingerprint density at radius 2 is 2.00 bits per heavy atom. The maximum absolute atomic E-state index is 11.1. The smallest absolute Gasteiger partial charge is 0.221 e. The van der Waals surface area contributed by atoms with Crippen molar-refractivity contribution in [2.24, 2.45) is 5.41 Å². The zero-order chi connectivity index (χ0) is 13.9. The highest BCUT2D eigenvalue weighted by Gasteiger charge is 2.31. The summed E-state index contributed by atoms with van der Waals surface area (Å²) in [6.07, 6.45) is 5.12. The summed E-state index contributed by atoms with van der Waals surface area (Å²) in [5.41, 5.74) is 2.28. The van der Waals surface area contributed by atoms with Crippen molar-refractivity contribution in [2.45, 2.75) is 52.5 Å². The van der Waals surface area contributed by atoms with Crippen molar-refractivity contribution in [3.63, 3.8) is 0 Å². The van der Waals surface area contributed by atoms with Gasteiger partial charge in [0.05, 0.1) is 0 Å². The Kier molecular flexibility index (Phi) is 4.13. The summed E-state index contributed by atoms with van der Waals surface area (Å²) in [7, 11) is 0. The quantitative estimate of drug-likeness (QED) is 0.861. The van der Waals surface area contributed by atoms with Crippen LogP contribution in [0.5, 0.6) is 0 Å². The van der Waals surface area contributed by atoms with E-state index in [4.69, 9.17) is 0 Å². The molecule has 0 aromatic heterocycles. The van der Waals surface area contributed by atoms with Crippen molar-refractivity contribution in [3.05, 3.63) is 24.3 Å². The predicted molar refractivity (Wildman–Crippen MR) is 80.4 cm³/mol. The van der Waals surface area contributed by atoms with Gasteiger partial charge in [0.2, 0.25) is 5.91 Å². The van der Waals surface area contributed by atoms with Crippen LogP contribution in [0.3, 0.4) is 0 Å². The molecule has 1 aliphatic rings. The fraction of sp³-hybridized carbons (Fsp3) is 0.562. The molecule has 1 atom stereocenters. The van der Waals surface area contributed by atoms with Crippen LogP contribution in [0.2, 0.25) is 0 Å². The largest absolute Gasteiger partial charge is 0.382 e. The molecule has 0 spiro atoms. The fourth-order valence-electron chi connectivity index (χ4n) is 2.85. The molecule has 1 saturated carbocycles. The first-order valence-electron chi connectivity index (χ1n) is 7.11. The molecular weight excluding hydrogens is 236 g/mol. The number of hydrogen-bond acceptors (Lipinski definition) is 2. The summed E-state index contributed by atoms with van der Waals surface area (Å²) in [5.74, 6) is -0.0323. The third-order valence-electron chi connectivity index (χ3n) is 4.03. The van der Waals surface area contributed by atoms with E-state index in [9.17, 15) is 4.79 Å². The molecule has 0 radical (unpaired) electrons. The molecule has 1 fully saturated rings. The van der Waals surface area contributed by atoms with Crippen LogP contribution >= 0.6 is 0 Å². The second kappa shape index (κ2) is 5.64. The van der Waals surface area contributed by atoms with Crippen LogP contribution < -0.4 is 10.6 Å². The zero-order valence-electron chi connectivity index (χ0n) is 12.1. The maximum atomic E-state index is 11.1. The molecule has 104 valence electrons. The molecule has 1 unspecified atom stereocenters. The predicted octanol–water partition coefficient (Wildman–Crippen LogP) is 4.03. The Morgan fingerprint density at radius 3 is 2.68 bits per heavy atom. The van der Waals surface area contributed by atoms with Crippen molar-refractivity contribution in [1.82, 2.24) is 0 Å². The second-order valence-corrected chi connectivity index (χ2v) is 6.19. The van der Waals surface area contributed by atoms with Gasteiger partial charge in [-0.1, -0.05) is 32.8 Å². The number of benzene rings is 1. The lowest BCUT2D eigenvalue weighted by atomic mass is 9.73. The highest BCUT2D eigenvalue weighted by molar-refractivity contribution is 5.89. The van der Waals surface area contributed by atoms with Gasteiger partial charge in [-0.2, -0.15) is 0 Å². The minimum Gasteiger partial charge on any atom is -0.382 e. The van der Waals surface area contributed by atoms with Gasteiger partial charge in [0.1, 0.15) is 0 Å². The number of amides is 1. The molecule has 1 aromatic rings. The van der Waals surface area contributed by atoms with Crippen LogP contribution in [0, 0.1) is 5.41 Å². The monoisotopic (exact) mass is 260 g/mol. The number of anilines is 2. The van der Waals surface area contributed by atoms with Crippen molar-refractivity contribution in [1.29, 1.82) is 0 Å². The molecule has 2 rings (SSSR count). The topological polar surface area (TPSA) is 41.1 Å². The number of carbonyl (C=O) groups is 1. The molecule has 1 amide bonds. The molecule has 3 nitrogen and oxygen atoms in total. The molecule has 3 heteroatoms. The van der Waals surface area contributed by atoms with Gasteiger partial charge >= 0.3 is 0 Å². The zero-order valence-corrected chi connectivity index (χ0v) is 12.1. The van der Waals surface area contributed by atoms with E-state index in [1.807, 2.05) is 18.2 Å². The lowest BCUT2D eigenvalue weighted by molar-refractivity contribution is -0.114. The lowest BCUT2D eigenvalue weighted by Crippen LogP contribution is -2.38. The van der Waals surface area contributed by atoms with E-state index in [1.54, 1.807) is 0 Å². The maximum Gasteiger partial charge on any atom is 0.221 e. The van der Waals surface area contributed by atoms with Crippen molar-refractivity contribution >= 4 is 17.3 Å². The standard InChI is InChI=1S/C16H24N2O/c1-12(19)17-13-7-6-8-14(11-13)18-15-9-4-5-10-16(15,2)3/h6-8,11,15,18H,4-5,9-10H2,1-3H3,(H,17,19). The Bertz CT molecular complexity index is 454. The molecular formula is C16H24N2O. The molecule has 0 heterocycles.